The van der Waals surface area contributed by atoms with E-state index in [-0.39, 0.29) is 24.0 Å². The van der Waals surface area contributed by atoms with Gasteiger partial charge in [0.25, 0.3) is 0 Å². The van der Waals surface area contributed by atoms with Crippen molar-refractivity contribution >= 4 is 41.7 Å². The molecule has 3 N–H and O–H groups in total. The molecule has 0 amide bonds. The second kappa shape index (κ2) is 9.47. The molecule has 0 aromatic heterocycles. The van der Waals surface area contributed by atoms with E-state index in [0.717, 1.165) is 24.8 Å². The number of rotatable bonds is 6. The number of hydrogen-bond donors (Lipinski definition) is 2. The molecule has 1 aromatic rings. The van der Waals surface area contributed by atoms with Gasteiger partial charge in [0.05, 0.1) is 0 Å². The first-order valence-corrected chi connectivity index (χ1v) is 7.55. The standard InChI is InChI=1S/C14H21N3S.HI/c15-14(17-11-12-5-4-6-12)16-9-10-18-13-7-2-1-3-8-13;/h1-3,7-8,12H,4-6,9-11H2,(H3,15,16,17);1H. The Morgan fingerprint density at radius 1 is 1.32 bits per heavy atom. The van der Waals surface area contributed by atoms with Gasteiger partial charge in [-0.3, -0.25) is 4.99 Å². The van der Waals surface area contributed by atoms with Crippen LogP contribution >= 0.6 is 35.7 Å². The first kappa shape index (κ1) is 16.6. The van der Waals surface area contributed by atoms with E-state index in [0.29, 0.717) is 5.96 Å². The molecule has 0 radical (unpaired) electrons. The third-order valence-electron chi connectivity index (χ3n) is 3.16. The second-order valence-corrected chi connectivity index (χ2v) is 5.78. The van der Waals surface area contributed by atoms with Gasteiger partial charge in [-0.05, 0) is 30.9 Å². The predicted molar refractivity (Wildman–Crippen MR) is 94.4 cm³/mol. The van der Waals surface area contributed by atoms with Crippen molar-refractivity contribution in [1.29, 1.82) is 0 Å². The number of nitrogens with zero attached hydrogens (tertiary/aromatic N) is 1. The highest BCUT2D eigenvalue weighted by Gasteiger charge is 2.16. The Labute approximate surface area is 136 Å². The van der Waals surface area contributed by atoms with Crippen molar-refractivity contribution in [3.05, 3.63) is 30.3 Å². The van der Waals surface area contributed by atoms with Gasteiger partial charge in [0, 0.05) is 23.7 Å². The van der Waals surface area contributed by atoms with Crippen LogP contribution in [0.15, 0.2) is 40.2 Å². The van der Waals surface area contributed by atoms with Crippen molar-refractivity contribution in [2.24, 2.45) is 16.6 Å². The van der Waals surface area contributed by atoms with Crippen LogP contribution in [0.1, 0.15) is 19.3 Å². The number of hydrogen-bond acceptors (Lipinski definition) is 2. The molecule has 19 heavy (non-hydrogen) atoms. The molecule has 5 heteroatoms. The molecule has 2 rings (SSSR count). The zero-order chi connectivity index (χ0) is 12.6. The minimum absolute atomic E-state index is 0. The minimum atomic E-state index is 0. The van der Waals surface area contributed by atoms with Gasteiger partial charge >= 0.3 is 0 Å². The molecule has 1 aliphatic carbocycles. The van der Waals surface area contributed by atoms with E-state index in [1.54, 1.807) is 0 Å². The van der Waals surface area contributed by atoms with Gasteiger partial charge in [0.1, 0.15) is 0 Å². The molecule has 1 aliphatic rings. The van der Waals surface area contributed by atoms with Crippen LogP contribution < -0.4 is 11.1 Å². The van der Waals surface area contributed by atoms with Crippen LogP contribution in [0.5, 0.6) is 0 Å². The van der Waals surface area contributed by atoms with Crippen LogP contribution in [0.3, 0.4) is 0 Å². The number of guanidine groups is 1. The average molecular weight is 391 g/mol. The Kier molecular flexibility index (Phi) is 8.29. The number of halogens is 1. The van der Waals surface area contributed by atoms with E-state index >= 15 is 0 Å². The molecule has 0 heterocycles. The molecule has 0 saturated heterocycles. The number of nitrogens with one attached hydrogen (secondary N) is 1. The summed E-state index contributed by atoms with van der Waals surface area (Å²) < 4.78 is 0. The summed E-state index contributed by atoms with van der Waals surface area (Å²) >= 11 is 1.83. The lowest BCUT2D eigenvalue weighted by Crippen LogP contribution is -2.34. The predicted octanol–water partition coefficient (Wildman–Crippen LogP) is 3.10. The lowest BCUT2D eigenvalue weighted by molar-refractivity contribution is 0.326. The maximum Gasteiger partial charge on any atom is 0.188 e. The summed E-state index contributed by atoms with van der Waals surface area (Å²) in [6.07, 6.45) is 4.00. The summed E-state index contributed by atoms with van der Waals surface area (Å²) in [6, 6.07) is 10.4. The monoisotopic (exact) mass is 391 g/mol. The molecular formula is C14H22IN3S. The Morgan fingerprint density at radius 3 is 2.68 bits per heavy atom. The minimum Gasteiger partial charge on any atom is -0.370 e. The lowest BCUT2D eigenvalue weighted by Gasteiger charge is -2.23. The summed E-state index contributed by atoms with van der Waals surface area (Å²) in [4.78, 5) is 5.66. The Morgan fingerprint density at radius 2 is 2.05 bits per heavy atom. The van der Waals surface area contributed by atoms with Gasteiger partial charge in [-0.25, -0.2) is 0 Å². The van der Waals surface area contributed by atoms with E-state index in [2.05, 4.69) is 34.6 Å². The Balaban J connectivity index is 0.00000180. The van der Waals surface area contributed by atoms with Crippen LogP contribution in [0, 0.1) is 5.92 Å². The molecule has 0 bridgehead atoms. The fraction of sp³-hybridized carbons (Fsp3) is 0.500. The fourth-order valence-electron chi connectivity index (χ4n) is 1.82. The van der Waals surface area contributed by atoms with Gasteiger partial charge in [-0.1, -0.05) is 24.6 Å². The van der Waals surface area contributed by atoms with Crippen LogP contribution in [0.25, 0.3) is 0 Å². The van der Waals surface area contributed by atoms with Crippen LogP contribution in [-0.4, -0.2) is 24.8 Å². The Bertz CT molecular complexity index is 380. The first-order valence-electron chi connectivity index (χ1n) is 6.56. The normalized spacial score (nSPS) is 15.5. The summed E-state index contributed by atoms with van der Waals surface area (Å²) in [7, 11) is 0. The van der Waals surface area contributed by atoms with Crippen molar-refractivity contribution in [2.75, 3.05) is 18.8 Å². The van der Waals surface area contributed by atoms with Gasteiger partial charge in [0.2, 0.25) is 0 Å². The third-order valence-corrected chi connectivity index (χ3v) is 4.18. The number of benzene rings is 1. The zero-order valence-corrected chi connectivity index (χ0v) is 14.2. The van der Waals surface area contributed by atoms with E-state index in [4.69, 9.17) is 5.73 Å². The van der Waals surface area contributed by atoms with Crippen molar-refractivity contribution in [2.45, 2.75) is 24.2 Å². The first-order chi connectivity index (χ1) is 8.84. The van der Waals surface area contributed by atoms with Crippen LogP contribution in [0.2, 0.25) is 0 Å². The number of aliphatic imine (C=N–C) groups is 1. The number of nitrogens with two attached hydrogens (primary N) is 1. The number of thioether (sulfide) groups is 1. The maximum atomic E-state index is 5.81. The quantitative estimate of drug-likeness (QED) is 0.258. The van der Waals surface area contributed by atoms with Crippen molar-refractivity contribution in [3.8, 4) is 0 Å². The molecule has 106 valence electrons. The Hall–Kier alpha value is -0.430. The largest absolute Gasteiger partial charge is 0.370 e. The van der Waals surface area contributed by atoms with Crippen molar-refractivity contribution < 1.29 is 0 Å². The average Bonchev–Trinajstić information content (AvgIpc) is 2.34. The molecule has 0 atom stereocenters. The van der Waals surface area contributed by atoms with Crippen molar-refractivity contribution in [1.82, 2.24) is 5.32 Å². The van der Waals surface area contributed by atoms with E-state index in [1.807, 2.05) is 17.8 Å². The summed E-state index contributed by atoms with van der Waals surface area (Å²) in [6.45, 7) is 1.75. The lowest BCUT2D eigenvalue weighted by atomic mass is 9.86. The summed E-state index contributed by atoms with van der Waals surface area (Å²) in [5.74, 6) is 2.38. The summed E-state index contributed by atoms with van der Waals surface area (Å²) in [5.41, 5.74) is 5.81. The van der Waals surface area contributed by atoms with Gasteiger partial charge in [-0.2, -0.15) is 0 Å². The zero-order valence-electron chi connectivity index (χ0n) is 11.0. The summed E-state index contributed by atoms with van der Waals surface area (Å²) in [5, 5.41) is 3.16. The topological polar surface area (TPSA) is 50.4 Å². The van der Waals surface area contributed by atoms with E-state index < -0.39 is 0 Å². The molecule has 0 unspecified atom stereocenters. The van der Waals surface area contributed by atoms with E-state index in [9.17, 15) is 0 Å². The highest BCUT2D eigenvalue weighted by Crippen LogP contribution is 2.26. The fourth-order valence-corrected chi connectivity index (χ4v) is 2.61. The van der Waals surface area contributed by atoms with Crippen LogP contribution in [-0.2, 0) is 0 Å². The SMILES string of the molecule is I.NC(=NCC1CCC1)NCCSc1ccccc1. The third kappa shape index (κ3) is 6.51. The van der Waals surface area contributed by atoms with E-state index in [1.165, 1.54) is 24.2 Å². The highest BCUT2D eigenvalue weighted by molar-refractivity contribution is 14.0. The van der Waals surface area contributed by atoms with Crippen LogP contribution in [0.4, 0.5) is 0 Å². The molecule has 1 saturated carbocycles. The van der Waals surface area contributed by atoms with Gasteiger partial charge in [0.15, 0.2) is 5.96 Å². The molecule has 1 aromatic carbocycles. The molecule has 0 aliphatic heterocycles. The van der Waals surface area contributed by atoms with Gasteiger partial charge < -0.3 is 11.1 Å². The molecular weight excluding hydrogens is 369 g/mol. The van der Waals surface area contributed by atoms with Gasteiger partial charge in [-0.15, -0.1) is 35.7 Å². The van der Waals surface area contributed by atoms with Crippen molar-refractivity contribution in [3.63, 3.8) is 0 Å². The molecule has 1 fully saturated rings. The maximum absolute atomic E-state index is 5.81. The highest BCUT2D eigenvalue weighted by atomic mass is 127. The smallest absolute Gasteiger partial charge is 0.188 e. The second-order valence-electron chi connectivity index (χ2n) is 4.61. The molecule has 3 nitrogen and oxygen atoms in total. The molecule has 0 spiro atoms.